The van der Waals surface area contributed by atoms with Crippen molar-refractivity contribution in [2.45, 2.75) is 23.5 Å². The SMILES string of the molecule is CN([C@H]1CCNC1)N1CSC=C1N(OC(=O)C(F)(F)F)S(=O)(=O)c1ccccc1. The molecule has 0 spiro atoms. The van der Waals surface area contributed by atoms with Gasteiger partial charge in [0.05, 0.1) is 10.8 Å². The third kappa shape index (κ3) is 4.63. The highest BCUT2D eigenvalue weighted by Gasteiger charge is 2.47. The van der Waals surface area contributed by atoms with Gasteiger partial charge in [0.15, 0.2) is 5.82 Å². The topological polar surface area (TPSA) is 82.2 Å². The zero-order chi connectivity index (χ0) is 21.2. The van der Waals surface area contributed by atoms with E-state index in [1.54, 1.807) is 18.1 Å². The zero-order valence-corrected chi connectivity index (χ0v) is 16.9. The first kappa shape index (κ1) is 21.7. The average Bonchev–Trinajstić information content (AvgIpc) is 3.37. The predicted molar refractivity (Wildman–Crippen MR) is 99.0 cm³/mol. The maximum absolute atomic E-state index is 13.0. The summed E-state index contributed by atoms with van der Waals surface area (Å²) < 4.78 is 64.6. The Hall–Kier alpha value is -1.96. The van der Waals surface area contributed by atoms with E-state index in [0.717, 1.165) is 13.0 Å². The van der Waals surface area contributed by atoms with Gasteiger partial charge in [0.1, 0.15) is 0 Å². The summed E-state index contributed by atoms with van der Waals surface area (Å²) in [5.74, 6) is -2.56. The van der Waals surface area contributed by atoms with E-state index in [1.165, 1.54) is 46.4 Å². The first-order valence-corrected chi connectivity index (χ1v) is 11.0. The molecule has 1 saturated heterocycles. The summed E-state index contributed by atoms with van der Waals surface area (Å²) in [4.78, 5) is 15.6. The highest BCUT2D eigenvalue weighted by atomic mass is 32.2. The first-order valence-electron chi connectivity index (χ1n) is 8.54. The van der Waals surface area contributed by atoms with Gasteiger partial charge < -0.3 is 10.2 Å². The Bertz CT molecular complexity index is 874. The van der Waals surface area contributed by atoms with Crippen molar-refractivity contribution in [2.24, 2.45) is 0 Å². The number of hydrogen-bond acceptors (Lipinski definition) is 8. The summed E-state index contributed by atoms with van der Waals surface area (Å²) in [6.45, 7) is 1.41. The molecule has 2 aliphatic heterocycles. The van der Waals surface area contributed by atoms with E-state index >= 15 is 0 Å². The molecule has 0 aliphatic carbocycles. The minimum Gasteiger partial charge on any atom is -0.315 e. The van der Waals surface area contributed by atoms with Crippen molar-refractivity contribution in [3.05, 3.63) is 41.6 Å². The smallest absolute Gasteiger partial charge is 0.315 e. The monoisotopic (exact) mass is 452 g/mol. The third-order valence-corrected chi connectivity index (χ3v) is 6.77. The number of halogens is 3. The molecule has 0 unspecified atom stereocenters. The summed E-state index contributed by atoms with van der Waals surface area (Å²) in [5.41, 5.74) is 0. The number of carbonyl (C=O) groups excluding carboxylic acids is 1. The van der Waals surface area contributed by atoms with Crippen LogP contribution in [0, 0.1) is 0 Å². The van der Waals surface area contributed by atoms with Crippen LogP contribution < -0.4 is 5.32 Å². The van der Waals surface area contributed by atoms with Crippen LogP contribution in [0.5, 0.6) is 0 Å². The summed E-state index contributed by atoms with van der Waals surface area (Å²) in [6, 6.07) is 6.83. The number of likely N-dealkylation sites (N-methyl/N-ethyl adjacent to an activating group) is 1. The zero-order valence-electron chi connectivity index (χ0n) is 15.3. The van der Waals surface area contributed by atoms with Crippen LogP contribution in [-0.4, -0.2) is 67.1 Å². The maximum atomic E-state index is 13.0. The Labute approximate surface area is 170 Å². The van der Waals surface area contributed by atoms with E-state index in [0.29, 0.717) is 6.54 Å². The molecule has 13 heteroatoms. The summed E-state index contributed by atoms with van der Waals surface area (Å²) in [7, 11) is -2.90. The fraction of sp³-hybridized carbons (Fsp3) is 0.438. The van der Waals surface area contributed by atoms with Crippen molar-refractivity contribution in [3.8, 4) is 0 Å². The standard InChI is InChI=1S/C16H19F3N4O4S2/c1-21(12-7-8-20-9-12)22-11-28-10-14(22)23(27-15(24)16(17,18)19)29(25,26)13-5-3-2-4-6-13/h2-6,10,12,20H,7-9,11H2,1H3/t12-/m0/s1. The molecule has 8 nitrogen and oxygen atoms in total. The molecule has 160 valence electrons. The van der Waals surface area contributed by atoms with Gasteiger partial charge in [0.2, 0.25) is 0 Å². The summed E-state index contributed by atoms with van der Waals surface area (Å²) in [5, 5.41) is 7.73. The van der Waals surface area contributed by atoms with Gasteiger partial charge in [-0.15, -0.1) is 11.8 Å². The number of hydroxylamine groups is 1. The number of alkyl halides is 3. The average molecular weight is 452 g/mol. The number of sulfonamides is 1. The quantitative estimate of drug-likeness (QED) is 0.654. The number of rotatable bonds is 6. The number of thioether (sulfide) groups is 1. The Morgan fingerprint density at radius 1 is 1.31 bits per heavy atom. The van der Waals surface area contributed by atoms with Gasteiger partial charge in [-0.05, 0) is 25.1 Å². The van der Waals surface area contributed by atoms with E-state index < -0.39 is 22.2 Å². The number of nitrogens with one attached hydrogen (secondary N) is 1. The molecule has 2 heterocycles. The van der Waals surface area contributed by atoms with E-state index in [2.05, 4.69) is 10.2 Å². The molecule has 1 aromatic rings. The second-order valence-corrected chi connectivity index (χ2v) is 8.89. The normalized spacial score (nSPS) is 20.1. The molecule has 1 atom stereocenters. The minimum absolute atomic E-state index is 0.0108. The molecule has 1 fully saturated rings. The number of nitrogens with zero attached hydrogens (tertiary/aromatic N) is 3. The van der Waals surface area contributed by atoms with Gasteiger partial charge >= 0.3 is 12.1 Å². The van der Waals surface area contributed by atoms with Gasteiger partial charge in [-0.3, -0.25) is 5.01 Å². The van der Waals surface area contributed by atoms with Gasteiger partial charge in [-0.25, -0.2) is 9.80 Å². The minimum atomic E-state index is -5.36. The molecule has 0 aromatic heterocycles. The Morgan fingerprint density at radius 2 is 2.00 bits per heavy atom. The van der Waals surface area contributed by atoms with Crippen molar-refractivity contribution in [3.63, 3.8) is 0 Å². The van der Waals surface area contributed by atoms with Crippen molar-refractivity contribution >= 4 is 27.8 Å². The fourth-order valence-corrected chi connectivity index (χ4v) is 5.10. The third-order valence-electron chi connectivity index (χ3n) is 4.44. The fourth-order valence-electron chi connectivity index (χ4n) is 2.89. The Balaban J connectivity index is 1.97. The lowest BCUT2D eigenvalue weighted by atomic mass is 10.2. The maximum Gasteiger partial charge on any atom is 0.493 e. The number of hydrazine groups is 1. The van der Waals surface area contributed by atoms with Crippen LogP contribution in [0.25, 0.3) is 0 Å². The van der Waals surface area contributed by atoms with E-state index in [4.69, 9.17) is 0 Å². The van der Waals surface area contributed by atoms with E-state index in [9.17, 15) is 26.4 Å². The van der Waals surface area contributed by atoms with Crippen LogP contribution in [0.2, 0.25) is 0 Å². The van der Waals surface area contributed by atoms with Crippen molar-refractivity contribution in [1.82, 2.24) is 19.8 Å². The first-order chi connectivity index (χ1) is 13.6. The summed E-state index contributed by atoms with van der Waals surface area (Å²) >= 11 is 1.17. The van der Waals surface area contributed by atoms with Crippen LogP contribution >= 0.6 is 11.8 Å². The highest BCUT2D eigenvalue weighted by molar-refractivity contribution is 8.02. The Kier molecular flexibility index (Phi) is 6.31. The summed E-state index contributed by atoms with van der Waals surface area (Å²) in [6.07, 6.45) is -4.58. The van der Waals surface area contributed by atoms with E-state index in [1.807, 2.05) is 0 Å². The molecule has 3 rings (SSSR count). The molecular weight excluding hydrogens is 433 g/mol. The lowest BCUT2D eigenvalue weighted by molar-refractivity contribution is -0.222. The number of carbonyl (C=O) groups is 1. The largest absolute Gasteiger partial charge is 0.493 e. The van der Waals surface area contributed by atoms with Gasteiger partial charge in [-0.2, -0.15) is 21.6 Å². The molecule has 1 aromatic carbocycles. The number of hydrogen-bond donors (Lipinski definition) is 1. The lowest BCUT2D eigenvalue weighted by Gasteiger charge is -2.38. The molecule has 29 heavy (non-hydrogen) atoms. The van der Waals surface area contributed by atoms with Crippen LogP contribution in [0.15, 0.2) is 46.5 Å². The van der Waals surface area contributed by atoms with Gasteiger partial charge in [0.25, 0.3) is 10.0 Å². The number of benzene rings is 1. The van der Waals surface area contributed by atoms with E-state index in [-0.39, 0.29) is 27.1 Å². The molecule has 0 amide bonds. The second-order valence-electron chi connectivity index (χ2n) is 6.31. The Morgan fingerprint density at radius 3 is 2.59 bits per heavy atom. The lowest BCUT2D eigenvalue weighted by Crippen LogP contribution is -2.50. The molecule has 0 bridgehead atoms. The van der Waals surface area contributed by atoms with Crippen molar-refractivity contribution < 1.29 is 31.2 Å². The van der Waals surface area contributed by atoms with Crippen LogP contribution in [0.3, 0.4) is 0 Å². The molecular formula is C16H19F3N4O4S2. The van der Waals surface area contributed by atoms with Crippen LogP contribution in [0.4, 0.5) is 13.2 Å². The van der Waals surface area contributed by atoms with Crippen molar-refractivity contribution in [1.29, 1.82) is 0 Å². The molecule has 0 radical (unpaired) electrons. The predicted octanol–water partition coefficient (Wildman–Crippen LogP) is 1.71. The van der Waals surface area contributed by atoms with Gasteiger partial charge in [-0.1, -0.05) is 22.7 Å². The second kappa shape index (κ2) is 8.42. The highest BCUT2D eigenvalue weighted by Crippen LogP contribution is 2.34. The van der Waals surface area contributed by atoms with Crippen molar-refractivity contribution in [2.75, 3.05) is 26.0 Å². The van der Waals surface area contributed by atoms with Crippen LogP contribution in [-0.2, 0) is 19.7 Å². The molecule has 2 aliphatic rings. The van der Waals surface area contributed by atoms with Gasteiger partial charge in [0, 0.05) is 25.0 Å². The molecule has 0 saturated carbocycles. The molecule has 1 N–H and O–H groups in total. The van der Waals surface area contributed by atoms with Crippen LogP contribution in [0.1, 0.15) is 6.42 Å².